The monoisotopic (exact) mass is 307 g/mol. The van der Waals surface area contributed by atoms with E-state index < -0.39 is 0 Å². The fourth-order valence-electron chi connectivity index (χ4n) is 2.43. The van der Waals surface area contributed by atoms with Crippen LogP contribution in [0.5, 0.6) is 0 Å². The molecule has 1 heterocycles. The van der Waals surface area contributed by atoms with Crippen LogP contribution in [0.4, 0.5) is 0 Å². The first-order valence-electron chi connectivity index (χ1n) is 7.88. The van der Waals surface area contributed by atoms with Gasteiger partial charge in [0.1, 0.15) is 0 Å². The van der Waals surface area contributed by atoms with Crippen molar-refractivity contribution in [1.82, 2.24) is 9.88 Å². The molecule has 0 unspecified atom stereocenters. The van der Waals surface area contributed by atoms with E-state index >= 15 is 0 Å². The number of hydrogen-bond donors (Lipinski definition) is 0. The Kier molecular flexibility index (Phi) is 6.31. The van der Waals surface area contributed by atoms with Crippen molar-refractivity contribution in [3.63, 3.8) is 0 Å². The lowest BCUT2D eigenvalue weighted by Gasteiger charge is -2.22. The fraction of sp³-hybridized carbons (Fsp3) is 0.316. The Balaban J connectivity index is 2.13. The Bertz CT molecular complexity index is 659. The molecule has 2 aromatic rings. The third kappa shape index (κ3) is 4.93. The van der Waals surface area contributed by atoms with Crippen molar-refractivity contribution in [2.24, 2.45) is 0 Å². The summed E-state index contributed by atoms with van der Waals surface area (Å²) in [5.74, 6) is -0.0489. The van der Waals surface area contributed by atoms with Crippen LogP contribution < -0.4 is 0 Å². The molecular formula is C19H21N3O. The number of amides is 1. The topological polar surface area (TPSA) is 57.0 Å². The number of nitrogens with zero attached hydrogens (tertiary/aromatic N) is 3. The first kappa shape index (κ1) is 16.7. The van der Waals surface area contributed by atoms with Crippen LogP contribution in [0.25, 0.3) is 0 Å². The molecule has 4 nitrogen and oxygen atoms in total. The average Bonchev–Trinajstić information content (AvgIpc) is 2.60. The maximum atomic E-state index is 12.7. The minimum atomic E-state index is -0.0489. The highest BCUT2D eigenvalue weighted by molar-refractivity contribution is 5.94. The smallest absolute Gasteiger partial charge is 0.254 e. The van der Waals surface area contributed by atoms with E-state index in [-0.39, 0.29) is 5.91 Å². The zero-order valence-electron chi connectivity index (χ0n) is 13.4. The Morgan fingerprint density at radius 2 is 2.00 bits per heavy atom. The van der Waals surface area contributed by atoms with Crippen LogP contribution in [0.2, 0.25) is 0 Å². The van der Waals surface area contributed by atoms with Crippen LogP contribution in [-0.4, -0.2) is 22.3 Å². The number of carbonyl (C=O) groups is 1. The summed E-state index contributed by atoms with van der Waals surface area (Å²) in [7, 11) is 0. The van der Waals surface area contributed by atoms with E-state index in [2.05, 4.69) is 18.0 Å². The second-order valence-electron chi connectivity index (χ2n) is 5.44. The van der Waals surface area contributed by atoms with Crippen molar-refractivity contribution in [3.05, 3.63) is 65.5 Å². The molecule has 1 amide bonds. The maximum Gasteiger partial charge on any atom is 0.254 e. The molecule has 0 saturated carbocycles. The van der Waals surface area contributed by atoms with E-state index in [0.29, 0.717) is 25.1 Å². The predicted octanol–water partition coefficient (Wildman–Crippen LogP) is 3.59. The van der Waals surface area contributed by atoms with Gasteiger partial charge >= 0.3 is 0 Å². The summed E-state index contributed by atoms with van der Waals surface area (Å²) >= 11 is 0. The largest absolute Gasteiger partial charge is 0.333 e. The lowest BCUT2D eigenvalue weighted by molar-refractivity contribution is 0.0746. The highest BCUT2D eigenvalue weighted by Gasteiger charge is 2.16. The number of nitriles is 1. The van der Waals surface area contributed by atoms with Crippen molar-refractivity contribution in [2.75, 3.05) is 6.54 Å². The van der Waals surface area contributed by atoms with E-state index in [4.69, 9.17) is 5.26 Å². The second kappa shape index (κ2) is 8.70. The van der Waals surface area contributed by atoms with Crippen LogP contribution in [0.1, 0.15) is 41.3 Å². The van der Waals surface area contributed by atoms with Gasteiger partial charge in [-0.1, -0.05) is 31.5 Å². The minimum absolute atomic E-state index is 0.0489. The van der Waals surface area contributed by atoms with Crippen LogP contribution in [0.3, 0.4) is 0 Å². The summed E-state index contributed by atoms with van der Waals surface area (Å²) in [4.78, 5) is 18.5. The van der Waals surface area contributed by atoms with E-state index in [1.54, 1.807) is 17.3 Å². The van der Waals surface area contributed by atoms with Crippen molar-refractivity contribution < 1.29 is 4.79 Å². The van der Waals surface area contributed by atoms with Gasteiger partial charge in [-0.15, -0.1) is 0 Å². The molecule has 0 N–H and O–H groups in total. The van der Waals surface area contributed by atoms with Gasteiger partial charge in [0.05, 0.1) is 12.5 Å². The molecule has 2 rings (SSSR count). The van der Waals surface area contributed by atoms with Crippen LogP contribution in [-0.2, 0) is 13.0 Å². The van der Waals surface area contributed by atoms with Gasteiger partial charge in [0.2, 0.25) is 0 Å². The second-order valence-corrected chi connectivity index (χ2v) is 5.44. The summed E-state index contributed by atoms with van der Waals surface area (Å²) < 4.78 is 0. The zero-order valence-corrected chi connectivity index (χ0v) is 13.4. The average molecular weight is 307 g/mol. The molecule has 0 aliphatic carbocycles. The van der Waals surface area contributed by atoms with Gasteiger partial charge in [0.15, 0.2) is 0 Å². The molecule has 23 heavy (non-hydrogen) atoms. The first-order chi connectivity index (χ1) is 11.2. The molecule has 0 bridgehead atoms. The molecule has 0 fully saturated rings. The third-order valence-corrected chi connectivity index (χ3v) is 3.62. The quantitative estimate of drug-likeness (QED) is 0.785. The zero-order chi connectivity index (χ0) is 16.5. The number of aryl methyl sites for hydroxylation is 1. The number of rotatable bonds is 7. The number of carbonyl (C=O) groups excluding carboxylic acids is 1. The van der Waals surface area contributed by atoms with Crippen molar-refractivity contribution in [3.8, 4) is 6.07 Å². The molecule has 0 aliphatic heterocycles. The summed E-state index contributed by atoms with van der Waals surface area (Å²) in [5, 5.41) is 8.83. The number of hydrogen-bond acceptors (Lipinski definition) is 3. The van der Waals surface area contributed by atoms with Gasteiger partial charge in [0, 0.05) is 31.0 Å². The normalized spacial score (nSPS) is 10.1. The van der Waals surface area contributed by atoms with Crippen molar-refractivity contribution in [2.45, 2.75) is 32.7 Å². The van der Waals surface area contributed by atoms with E-state index in [9.17, 15) is 4.79 Å². The minimum Gasteiger partial charge on any atom is -0.333 e. The summed E-state index contributed by atoms with van der Waals surface area (Å²) in [5.41, 5.74) is 2.85. The van der Waals surface area contributed by atoms with E-state index in [1.165, 1.54) is 5.56 Å². The summed E-state index contributed by atoms with van der Waals surface area (Å²) in [6.45, 7) is 3.02. The molecule has 0 radical (unpaired) electrons. The van der Waals surface area contributed by atoms with Gasteiger partial charge < -0.3 is 4.90 Å². The van der Waals surface area contributed by atoms with Gasteiger partial charge in [-0.05, 0) is 35.7 Å². The van der Waals surface area contributed by atoms with Crippen molar-refractivity contribution >= 4 is 5.91 Å². The fourth-order valence-corrected chi connectivity index (χ4v) is 2.43. The molecule has 0 aliphatic rings. The highest BCUT2D eigenvalue weighted by atomic mass is 16.2. The van der Waals surface area contributed by atoms with Crippen LogP contribution in [0.15, 0.2) is 48.8 Å². The van der Waals surface area contributed by atoms with Crippen LogP contribution >= 0.6 is 0 Å². The Morgan fingerprint density at radius 1 is 1.22 bits per heavy atom. The molecule has 0 atom stereocenters. The first-order valence-corrected chi connectivity index (χ1v) is 7.88. The number of pyridine rings is 1. The lowest BCUT2D eigenvalue weighted by atomic mass is 10.1. The molecule has 0 spiro atoms. The molecule has 1 aromatic carbocycles. The standard InChI is InChI=1S/C19H21N3O/c1-2-5-16-7-9-18(10-8-16)19(23)22(13-4-11-20)15-17-6-3-12-21-14-17/h3,6-10,12,14H,2,4-5,13,15H2,1H3. The predicted molar refractivity (Wildman–Crippen MR) is 89.6 cm³/mol. The Labute approximate surface area is 137 Å². The highest BCUT2D eigenvalue weighted by Crippen LogP contribution is 2.12. The summed E-state index contributed by atoms with van der Waals surface area (Å²) in [6.07, 6.45) is 5.87. The third-order valence-electron chi connectivity index (χ3n) is 3.62. The number of aromatic nitrogens is 1. The maximum absolute atomic E-state index is 12.7. The van der Waals surface area contributed by atoms with Gasteiger partial charge in [-0.25, -0.2) is 0 Å². The van der Waals surface area contributed by atoms with Crippen molar-refractivity contribution in [1.29, 1.82) is 5.26 Å². The lowest BCUT2D eigenvalue weighted by Crippen LogP contribution is -2.31. The van der Waals surface area contributed by atoms with Gasteiger partial charge in [-0.2, -0.15) is 5.26 Å². The van der Waals surface area contributed by atoms with Gasteiger partial charge in [-0.3, -0.25) is 9.78 Å². The Morgan fingerprint density at radius 3 is 2.61 bits per heavy atom. The molecule has 1 aromatic heterocycles. The molecule has 118 valence electrons. The summed E-state index contributed by atoms with van der Waals surface area (Å²) in [6, 6.07) is 13.6. The van der Waals surface area contributed by atoms with E-state index in [1.807, 2.05) is 36.4 Å². The molecule has 4 heteroatoms. The molecular weight excluding hydrogens is 286 g/mol. The molecule has 0 saturated heterocycles. The number of benzene rings is 1. The van der Waals surface area contributed by atoms with Gasteiger partial charge in [0.25, 0.3) is 5.91 Å². The SMILES string of the molecule is CCCc1ccc(C(=O)N(CCC#N)Cc2cccnc2)cc1. The van der Waals surface area contributed by atoms with Crippen LogP contribution in [0, 0.1) is 11.3 Å². The van der Waals surface area contributed by atoms with E-state index in [0.717, 1.165) is 18.4 Å². The Hall–Kier alpha value is -2.67.